The van der Waals surface area contributed by atoms with E-state index in [0.717, 1.165) is 0 Å². The number of β-lactam (4-membered cyclic amide) rings is 1. The van der Waals surface area contributed by atoms with Gasteiger partial charge in [0.2, 0.25) is 11.8 Å². The third kappa shape index (κ3) is 4.07. The predicted octanol–water partition coefficient (Wildman–Crippen LogP) is -1.12. The first kappa shape index (κ1) is 24.5. The number of carbonyl (C=O) groups excluding carboxylic acids is 2. The number of fused-ring (bicyclic) bond motifs is 1. The Morgan fingerprint density at radius 1 is 1.30 bits per heavy atom. The summed E-state index contributed by atoms with van der Waals surface area (Å²) < 4.78 is 0.685. The molecule has 4 aliphatic heterocycles. The summed E-state index contributed by atoms with van der Waals surface area (Å²) >= 11 is 1.45. The first-order chi connectivity index (χ1) is 15.5. The zero-order valence-electron chi connectivity index (χ0n) is 19.6. The number of carboxylic acids is 1. The van der Waals surface area contributed by atoms with Crippen LogP contribution in [0.3, 0.4) is 0 Å². The Balaban J connectivity index is 1.37. The van der Waals surface area contributed by atoms with Gasteiger partial charge in [-0.3, -0.25) is 9.59 Å². The molecule has 2 amide bonds. The summed E-state index contributed by atoms with van der Waals surface area (Å²) in [5, 5.41) is 32.4. The number of amides is 2. The topological polar surface area (TPSA) is 130 Å². The summed E-state index contributed by atoms with van der Waals surface area (Å²) in [4.78, 5) is 41.3. The highest BCUT2D eigenvalue weighted by Gasteiger charge is 2.60. The molecule has 0 spiro atoms. The summed E-state index contributed by atoms with van der Waals surface area (Å²) in [6.07, 6.45) is -0.224. The van der Waals surface area contributed by atoms with E-state index in [1.807, 2.05) is 11.8 Å². The van der Waals surface area contributed by atoms with Gasteiger partial charge in [0.05, 0.1) is 57.9 Å². The Labute approximate surface area is 198 Å². The van der Waals surface area contributed by atoms with Crippen LogP contribution in [0.2, 0.25) is 0 Å². The molecule has 1 unspecified atom stereocenters. The van der Waals surface area contributed by atoms with Crippen LogP contribution in [-0.2, 0) is 14.4 Å². The number of carboxylic acid groups (broad SMARTS) is 1. The number of aliphatic carboxylic acids is 1. The van der Waals surface area contributed by atoms with Crippen LogP contribution in [0.15, 0.2) is 10.6 Å². The molecule has 4 rings (SSSR count). The Morgan fingerprint density at radius 2 is 1.97 bits per heavy atom. The quantitative estimate of drug-likeness (QED) is 0.252. The molecule has 0 aromatic heterocycles. The van der Waals surface area contributed by atoms with Gasteiger partial charge in [0.15, 0.2) is 0 Å². The Kier molecular flexibility index (Phi) is 6.56. The minimum absolute atomic E-state index is 0.0308. The van der Waals surface area contributed by atoms with Gasteiger partial charge < -0.3 is 34.9 Å². The molecule has 0 saturated carbocycles. The van der Waals surface area contributed by atoms with Crippen molar-refractivity contribution in [3.8, 4) is 0 Å². The van der Waals surface area contributed by atoms with Crippen LogP contribution in [-0.4, -0.2) is 124 Å². The third-order valence-electron chi connectivity index (χ3n) is 7.83. The average molecular weight is 484 g/mol. The summed E-state index contributed by atoms with van der Waals surface area (Å²) in [5.74, 6) is -2.13. The van der Waals surface area contributed by atoms with Gasteiger partial charge in [-0.1, -0.05) is 6.92 Å². The van der Waals surface area contributed by atoms with E-state index in [0.29, 0.717) is 48.0 Å². The maximum Gasteiger partial charge on any atom is 0.353 e. The summed E-state index contributed by atoms with van der Waals surface area (Å²) in [5.41, 5.74) is 0.0312. The fourth-order valence-electron chi connectivity index (χ4n) is 5.58. The number of aliphatic hydroxyl groups is 2. The normalized spacial score (nSPS) is 33.2. The van der Waals surface area contributed by atoms with Crippen LogP contribution in [0.4, 0.5) is 0 Å². The zero-order chi connectivity index (χ0) is 24.2. The lowest BCUT2D eigenvalue weighted by atomic mass is 9.79. The molecule has 4 aliphatic rings. The van der Waals surface area contributed by atoms with E-state index in [4.69, 9.17) is 0 Å². The molecule has 4 heterocycles. The Bertz CT molecular complexity index is 871. The van der Waals surface area contributed by atoms with Gasteiger partial charge in [0.25, 0.3) is 0 Å². The van der Waals surface area contributed by atoms with E-state index in [-0.39, 0.29) is 47.4 Å². The van der Waals surface area contributed by atoms with Crippen molar-refractivity contribution in [1.29, 1.82) is 0 Å². The fraction of sp³-hybridized carbons (Fsp3) is 0.773. The molecular weight excluding hydrogens is 448 g/mol. The number of likely N-dealkylation sites (N-methyl/N-ethyl adjacent to an activating group) is 1. The lowest BCUT2D eigenvalue weighted by Gasteiger charge is -2.48. The van der Waals surface area contributed by atoms with Crippen LogP contribution < -0.4 is 5.32 Å². The van der Waals surface area contributed by atoms with E-state index < -0.39 is 18.0 Å². The molecular formula is C22H35N4O6S+. The minimum Gasteiger partial charge on any atom is -0.477 e. The monoisotopic (exact) mass is 483 g/mol. The average Bonchev–Trinajstić information content (AvgIpc) is 3.22. The van der Waals surface area contributed by atoms with Crippen molar-refractivity contribution < 1.29 is 34.2 Å². The van der Waals surface area contributed by atoms with Crippen LogP contribution in [0.25, 0.3) is 0 Å². The maximum absolute atomic E-state index is 13.0. The second-order valence-corrected chi connectivity index (χ2v) is 11.7. The highest BCUT2D eigenvalue weighted by atomic mass is 32.2. The summed E-state index contributed by atoms with van der Waals surface area (Å²) in [7, 11) is 4.13. The van der Waals surface area contributed by atoms with Gasteiger partial charge >= 0.3 is 5.97 Å². The number of aliphatic hydroxyl groups excluding tert-OH is 2. The number of hydrogen-bond donors (Lipinski definition) is 4. The first-order valence-corrected chi connectivity index (χ1v) is 12.5. The molecule has 3 fully saturated rings. The van der Waals surface area contributed by atoms with E-state index in [9.17, 15) is 29.7 Å². The molecule has 0 bridgehead atoms. The highest BCUT2D eigenvalue weighted by molar-refractivity contribution is 8.03. The van der Waals surface area contributed by atoms with Gasteiger partial charge in [-0.2, -0.15) is 0 Å². The minimum atomic E-state index is -1.13. The molecule has 4 N–H and O–H groups in total. The van der Waals surface area contributed by atoms with Gasteiger partial charge in [-0.15, -0.1) is 11.8 Å². The number of nitrogens with zero attached hydrogens (tertiary/aromatic N) is 3. The Hall–Kier alpha value is -1.66. The third-order valence-corrected chi connectivity index (χ3v) is 9.34. The zero-order valence-corrected chi connectivity index (χ0v) is 20.4. The molecule has 0 radical (unpaired) electrons. The van der Waals surface area contributed by atoms with Crippen molar-refractivity contribution in [3.05, 3.63) is 10.6 Å². The number of rotatable bonds is 8. The molecule has 0 aromatic carbocycles. The van der Waals surface area contributed by atoms with Gasteiger partial charge in [0.1, 0.15) is 18.3 Å². The second-order valence-electron chi connectivity index (χ2n) is 10.3. The summed E-state index contributed by atoms with van der Waals surface area (Å²) in [6.45, 7) is 6.19. The second kappa shape index (κ2) is 8.84. The van der Waals surface area contributed by atoms with Gasteiger partial charge in [-0.25, -0.2) is 4.79 Å². The highest BCUT2D eigenvalue weighted by Crippen LogP contribution is 2.51. The van der Waals surface area contributed by atoms with Gasteiger partial charge in [-0.05, 0) is 13.3 Å². The molecule has 33 heavy (non-hydrogen) atoms. The number of thioether (sulfide) groups is 1. The predicted molar refractivity (Wildman–Crippen MR) is 122 cm³/mol. The molecule has 10 nitrogen and oxygen atoms in total. The largest absolute Gasteiger partial charge is 0.477 e. The van der Waals surface area contributed by atoms with Crippen LogP contribution in [0, 0.1) is 11.8 Å². The lowest BCUT2D eigenvalue weighted by Crippen LogP contribution is -2.68. The fourth-order valence-corrected chi connectivity index (χ4v) is 7.06. The van der Waals surface area contributed by atoms with Crippen molar-refractivity contribution in [3.63, 3.8) is 0 Å². The molecule has 0 aliphatic carbocycles. The van der Waals surface area contributed by atoms with Crippen molar-refractivity contribution in [2.45, 2.75) is 49.7 Å². The number of nitrogens with one attached hydrogen (secondary N) is 1. The number of likely N-dealkylation sites (tertiary alicyclic amines) is 1. The Morgan fingerprint density at radius 3 is 2.55 bits per heavy atom. The van der Waals surface area contributed by atoms with Crippen LogP contribution in [0.1, 0.15) is 20.3 Å². The first-order valence-electron chi connectivity index (χ1n) is 11.6. The number of carbonyl (C=O) groups is 3. The summed E-state index contributed by atoms with van der Waals surface area (Å²) in [6, 6.07) is -0.304. The van der Waals surface area contributed by atoms with Crippen molar-refractivity contribution >= 4 is 29.5 Å². The maximum atomic E-state index is 13.0. The lowest BCUT2D eigenvalue weighted by molar-refractivity contribution is -0.919. The van der Waals surface area contributed by atoms with E-state index in [1.54, 1.807) is 6.92 Å². The molecule has 184 valence electrons. The molecule has 11 heteroatoms. The van der Waals surface area contributed by atoms with Crippen molar-refractivity contribution in [2.24, 2.45) is 11.8 Å². The number of hydrogen-bond acceptors (Lipinski definition) is 7. The number of quaternary nitrogens is 1. The van der Waals surface area contributed by atoms with Crippen LogP contribution in [0.5, 0.6) is 0 Å². The van der Waals surface area contributed by atoms with Crippen molar-refractivity contribution in [1.82, 2.24) is 15.1 Å². The van der Waals surface area contributed by atoms with Crippen LogP contribution >= 0.6 is 11.8 Å². The van der Waals surface area contributed by atoms with Crippen molar-refractivity contribution in [2.75, 3.05) is 46.9 Å². The molecule has 3 saturated heterocycles. The van der Waals surface area contributed by atoms with Gasteiger partial charge in [0, 0.05) is 22.6 Å². The van der Waals surface area contributed by atoms with E-state index >= 15 is 0 Å². The smallest absolute Gasteiger partial charge is 0.353 e. The standard InChI is InChI=1S/C22H34N4O6S/c1-11-17-16(12(2)28)21(30)25(17)18(22(31)32)19(11)33-14-7-15(23-8-14)20(29)24-9-13(10-24)26(3,4)5-6-27/h11-17,23,27-28H,5-10H2,1-4H3/p+1/t11-,12?,14+,15+,16-,17-/m1/s1. The molecule has 0 aromatic rings. The van der Waals surface area contributed by atoms with E-state index in [2.05, 4.69) is 19.4 Å². The molecule has 6 atom stereocenters. The SMILES string of the molecule is CC(O)[C@H]1C(=O)N2C(C(=O)O)=C(S[C@@H]3CN[C@H](C(=O)N4CC([N+](C)(C)CCO)C4)C3)[C@H](C)[C@H]12. The van der Waals surface area contributed by atoms with E-state index in [1.165, 1.54) is 16.7 Å².